The third kappa shape index (κ3) is 3.01. The van der Waals surface area contributed by atoms with E-state index in [0.29, 0.717) is 12.5 Å². The number of nitrogens with zero attached hydrogens (tertiary/aromatic N) is 2. The minimum Gasteiger partial charge on any atom is -0.487 e. The van der Waals surface area contributed by atoms with Crippen LogP contribution in [0.15, 0.2) is 16.6 Å². The smallest absolute Gasteiger partial charge is 0.131 e. The molecule has 0 radical (unpaired) electrons. The fraction of sp³-hybridized carbons (Fsp3) is 0.400. The summed E-state index contributed by atoms with van der Waals surface area (Å²) in [4.78, 5) is 0. The van der Waals surface area contributed by atoms with E-state index in [1.807, 2.05) is 32.5 Å². The van der Waals surface area contributed by atoms with Gasteiger partial charge in [-0.2, -0.15) is 5.10 Å². The molecule has 2 aromatic rings. The lowest BCUT2D eigenvalue weighted by Crippen LogP contribution is -2.05. The van der Waals surface area contributed by atoms with Crippen molar-refractivity contribution in [1.29, 1.82) is 0 Å². The van der Waals surface area contributed by atoms with Gasteiger partial charge in [0.1, 0.15) is 12.4 Å². The molecule has 20 heavy (non-hydrogen) atoms. The van der Waals surface area contributed by atoms with Crippen LogP contribution in [0, 0.1) is 20.8 Å². The number of rotatable bonds is 4. The molecule has 3 nitrogen and oxygen atoms in total. The molecular weight excluding hydrogens is 340 g/mol. The average Bonchev–Trinajstić information content (AvgIpc) is 2.63. The highest BCUT2D eigenvalue weighted by Gasteiger charge is 2.13. The van der Waals surface area contributed by atoms with E-state index >= 15 is 0 Å². The lowest BCUT2D eigenvalue weighted by Gasteiger charge is -2.14. The summed E-state index contributed by atoms with van der Waals surface area (Å²) in [5.41, 5.74) is 5.33. The molecule has 1 heterocycles. The fourth-order valence-corrected chi connectivity index (χ4v) is 2.93. The Labute approximate surface area is 133 Å². The summed E-state index contributed by atoms with van der Waals surface area (Å²) in [5, 5.41) is 4.37. The van der Waals surface area contributed by atoms with Crippen LogP contribution >= 0.6 is 27.5 Å². The predicted octanol–water partition coefficient (Wildman–Crippen LogP) is 4.43. The topological polar surface area (TPSA) is 27.1 Å². The molecule has 0 aliphatic carbocycles. The molecule has 0 bridgehead atoms. The molecule has 0 unspecified atom stereocenters. The third-order valence-corrected chi connectivity index (χ3v) is 4.63. The number of hydrogen-bond donors (Lipinski definition) is 0. The van der Waals surface area contributed by atoms with Crippen molar-refractivity contribution in [2.75, 3.05) is 0 Å². The van der Waals surface area contributed by atoms with Crippen molar-refractivity contribution < 1.29 is 4.74 Å². The molecule has 5 heteroatoms. The van der Waals surface area contributed by atoms with Crippen molar-refractivity contribution in [3.05, 3.63) is 44.7 Å². The minimum absolute atomic E-state index is 0.486. The van der Waals surface area contributed by atoms with Crippen LogP contribution in [-0.4, -0.2) is 9.78 Å². The van der Waals surface area contributed by atoms with Crippen molar-refractivity contribution in [3.63, 3.8) is 0 Å². The van der Waals surface area contributed by atoms with Gasteiger partial charge in [0.2, 0.25) is 0 Å². The van der Waals surface area contributed by atoms with Gasteiger partial charge >= 0.3 is 0 Å². The Morgan fingerprint density at radius 1 is 1.25 bits per heavy atom. The summed E-state index contributed by atoms with van der Waals surface area (Å²) in [6.07, 6.45) is 0. The second-order valence-corrected chi connectivity index (χ2v) is 6.01. The number of ether oxygens (including phenoxy) is 1. The fourth-order valence-electron chi connectivity index (χ4n) is 2.32. The van der Waals surface area contributed by atoms with Gasteiger partial charge in [-0.1, -0.05) is 12.1 Å². The number of hydrogen-bond acceptors (Lipinski definition) is 2. The van der Waals surface area contributed by atoms with Crippen LogP contribution in [0.1, 0.15) is 28.1 Å². The maximum absolute atomic E-state index is 5.99. The molecular formula is C15H18BrClN2O. The van der Waals surface area contributed by atoms with Crippen LogP contribution in [0.4, 0.5) is 0 Å². The van der Waals surface area contributed by atoms with E-state index in [2.05, 4.69) is 33.2 Å². The molecule has 0 saturated carbocycles. The number of alkyl halides is 1. The first-order chi connectivity index (χ1) is 9.43. The van der Waals surface area contributed by atoms with E-state index in [1.165, 1.54) is 0 Å². The molecule has 0 aliphatic heterocycles. The molecule has 108 valence electrons. The summed E-state index contributed by atoms with van der Waals surface area (Å²) >= 11 is 9.44. The van der Waals surface area contributed by atoms with Crippen LogP contribution in [0.25, 0.3) is 0 Å². The molecule has 0 atom stereocenters. The highest BCUT2D eigenvalue weighted by Crippen LogP contribution is 2.28. The Morgan fingerprint density at radius 2 is 1.85 bits per heavy atom. The Bertz CT molecular complexity index is 614. The second-order valence-electron chi connectivity index (χ2n) is 4.95. The number of benzene rings is 1. The third-order valence-electron chi connectivity index (χ3n) is 3.29. The molecule has 0 aliphatic rings. The van der Waals surface area contributed by atoms with Crippen molar-refractivity contribution in [3.8, 4) is 5.75 Å². The molecule has 1 aromatic carbocycles. The molecule has 0 saturated heterocycles. The molecule has 0 fully saturated rings. The van der Waals surface area contributed by atoms with E-state index < -0.39 is 0 Å². The van der Waals surface area contributed by atoms with Gasteiger partial charge in [-0.05, 0) is 53.4 Å². The van der Waals surface area contributed by atoms with Crippen LogP contribution < -0.4 is 4.74 Å². The van der Waals surface area contributed by atoms with Crippen molar-refractivity contribution in [1.82, 2.24) is 9.78 Å². The van der Waals surface area contributed by atoms with Crippen molar-refractivity contribution in [2.45, 2.75) is 33.3 Å². The van der Waals surface area contributed by atoms with Gasteiger partial charge in [0.15, 0.2) is 0 Å². The number of aryl methyl sites for hydroxylation is 4. The zero-order valence-corrected chi connectivity index (χ0v) is 14.5. The monoisotopic (exact) mass is 356 g/mol. The standard InChI is InChI=1S/C15H18BrClN2O/c1-9-5-12(7-17)6-10(2)15(9)20-8-13-14(16)11(3)18-19(13)4/h5-6H,7-8H2,1-4H3. The quantitative estimate of drug-likeness (QED) is 0.757. The first-order valence-corrected chi connectivity index (χ1v) is 7.73. The van der Waals surface area contributed by atoms with Crippen LogP contribution in [0.2, 0.25) is 0 Å². The normalized spacial score (nSPS) is 10.9. The van der Waals surface area contributed by atoms with Gasteiger partial charge < -0.3 is 4.74 Å². The summed E-state index contributed by atoms with van der Waals surface area (Å²) in [6, 6.07) is 4.14. The summed E-state index contributed by atoms with van der Waals surface area (Å²) in [6.45, 7) is 6.54. The highest BCUT2D eigenvalue weighted by atomic mass is 79.9. The SMILES string of the molecule is Cc1cc(CCl)cc(C)c1OCc1c(Br)c(C)nn1C. The van der Waals surface area contributed by atoms with Crippen LogP contribution in [-0.2, 0) is 19.5 Å². The van der Waals surface area contributed by atoms with E-state index in [4.69, 9.17) is 16.3 Å². The Morgan fingerprint density at radius 3 is 2.30 bits per heavy atom. The summed E-state index contributed by atoms with van der Waals surface area (Å²) in [7, 11) is 1.92. The van der Waals surface area contributed by atoms with E-state index in [0.717, 1.165) is 38.3 Å². The maximum atomic E-state index is 5.99. The molecule has 0 amide bonds. The summed E-state index contributed by atoms with van der Waals surface area (Å²) in [5.74, 6) is 1.44. The van der Waals surface area contributed by atoms with Crippen molar-refractivity contribution >= 4 is 27.5 Å². The molecule has 1 aromatic heterocycles. The van der Waals surface area contributed by atoms with Gasteiger partial charge in [-0.3, -0.25) is 4.68 Å². The second kappa shape index (κ2) is 6.19. The van der Waals surface area contributed by atoms with Gasteiger partial charge in [-0.15, -0.1) is 11.6 Å². The van der Waals surface area contributed by atoms with E-state index in [-0.39, 0.29) is 0 Å². The summed E-state index contributed by atoms with van der Waals surface area (Å²) < 4.78 is 8.85. The Balaban J connectivity index is 2.23. The van der Waals surface area contributed by atoms with Gasteiger partial charge in [-0.25, -0.2) is 0 Å². The Hall–Kier alpha value is -1.00. The minimum atomic E-state index is 0.486. The first-order valence-electron chi connectivity index (χ1n) is 6.41. The first kappa shape index (κ1) is 15.4. The zero-order valence-electron chi connectivity index (χ0n) is 12.1. The van der Waals surface area contributed by atoms with Crippen molar-refractivity contribution in [2.24, 2.45) is 7.05 Å². The van der Waals surface area contributed by atoms with Gasteiger partial charge in [0.05, 0.1) is 15.9 Å². The zero-order chi connectivity index (χ0) is 14.9. The largest absolute Gasteiger partial charge is 0.487 e. The van der Waals surface area contributed by atoms with Crippen LogP contribution in [0.5, 0.6) is 5.75 Å². The van der Waals surface area contributed by atoms with E-state index in [9.17, 15) is 0 Å². The average molecular weight is 358 g/mol. The van der Waals surface area contributed by atoms with E-state index in [1.54, 1.807) is 0 Å². The molecule has 0 spiro atoms. The van der Waals surface area contributed by atoms with Crippen LogP contribution in [0.3, 0.4) is 0 Å². The molecule has 2 rings (SSSR count). The predicted molar refractivity (Wildman–Crippen MR) is 85.5 cm³/mol. The van der Waals surface area contributed by atoms with Gasteiger partial charge in [0, 0.05) is 12.9 Å². The van der Waals surface area contributed by atoms with Gasteiger partial charge in [0.25, 0.3) is 0 Å². The number of halogens is 2. The number of aromatic nitrogens is 2. The lowest BCUT2D eigenvalue weighted by molar-refractivity contribution is 0.290. The maximum Gasteiger partial charge on any atom is 0.131 e. The lowest BCUT2D eigenvalue weighted by atomic mass is 10.1. The Kier molecular flexibility index (Phi) is 4.76. The molecule has 0 N–H and O–H groups in total. The highest BCUT2D eigenvalue weighted by molar-refractivity contribution is 9.10.